The van der Waals surface area contributed by atoms with Crippen LogP contribution >= 0.6 is 0 Å². The van der Waals surface area contributed by atoms with Crippen LogP contribution < -0.4 is 9.47 Å². The molecule has 0 fully saturated rings. The molecular weight excluding hydrogens is 440 g/mol. The average Bonchev–Trinajstić information content (AvgIpc) is 2.94. The second-order valence-corrected chi connectivity index (χ2v) is 7.53. The lowest BCUT2D eigenvalue weighted by molar-refractivity contribution is -0.0987. The number of methoxy groups -OCH3 is 1. The van der Waals surface area contributed by atoms with Gasteiger partial charge in [-0.3, -0.25) is 0 Å². The molecule has 0 N–H and O–H groups in total. The van der Waals surface area contributed by atoms with Crippen molar-refractivity contribution in [2.45, 2.75) is 59.3 Å². The number of aromatic nitrogens is 1. The van der Waals surface area contributed by atoms with Crippen molar-refractivity contribution in [3.05, 3.63) is 65.2 Å². The molecule has 1 unspecified atom stereocenters. The Morgan fingerprint density at radius 2 is 1.71 bits per heavy atom. The lowest BCUT2D eigenvalue weighted by Crippen LogP contribution is -2.23. The number of benzene rings is 2. The third kappa shape index (κ3) is 8.53. The maximum Gasteiger partial charge on any atom is 0.216 e. The molecule has 1 atom stereocenters. The third-order valence-electron chi connectivity index (χ3n) is 5.24. The largest absolute Gasteiger partial charge is 0.494 e. The third-order valence-corrected chi connectivity index (χ3v) is 5.24. The summed E-state index contributed by atoms with van der Waals surface area (Å²) in [5.74, 6) is 1.50. The van der Waals surface area contributed by atoms with E-state index in [-0.39, 0.29) is 0 Å². The van der Waals surface area contributed by atoms with E-state index >= 15 is 0 Å². The molecule has 0 saturated carbocycles. The fourth-order valence-electron chi connectivity index (χ4n) is 3.55. The summed E-state index contributed by atoms with van der Waals surface area (Å²) in [4.78, 5) is 20.7. The first-order valence-corrected chi connectivity index (χ1v) is 11.7. The van der Waals surface area contributed by atoms with Gasteiger partial charge in [0.2, 0.25) is 5.88 Å². The maximum absolute atomic E-state index is 10.0. The van der Waals surface area contributed by atoms with Gasteiger partial charge in [-0.1, -0.05) is 52.0 Å². The van der Waals surface area contributed by atoms with Crippen LogP contribution in [0.15, 0.2) is 48.5 Å². The van der Waals surface area contributed by atoms with Crippen LogP contribution in [0.4, 0.5) is 0 Å². The molecule has 2 aromatic carbocycles. The molecule has 0 radical (unpaired) electrons. The van der Waals surface area contributed by atoms with Crippen molar-refractivity contribution in [3.63, 3.8) is 0 Å². The van der Waals surface area contributed by atoms with Crippen molar-refractivity contribution >= 4 is 24.5 Å². The summed E-state index contributed by atoms with van der Waals surface area (Å²) in [5, 5.41) is 11.1. The summed E-state index contributed by atoms with van der Waals surface area (Å²) in [6.07, 6.45) is 2.43. The molecule has 0 bridgehead atoms. The van der Waals surface area contributed by atoms with Gasteiger partial charge in [-0.25, -0.2) is 4.98 Å². The molecule has 188 valence electrons. The fourth-order valence-corrected chi connectivity index (χ4v) is 3.55. The first-order valence-electron chi connectivity index (χ1n) is 11.7. The van der Waals surface area contributed by atoms with E-state index in [9.17, 15) is 5.26 Å². The van der Waals surface area contributed by atoms with Gasteiger partial charge in [0.05, 0.1) is 30.7 Å². The minimum atomic E-state index is -0.671. The van der Waals surface area contributed by atoms with Gasteiger partial charge < -0.3 is 19.1 Å². The van der Waals surface area contributed by atoms with E-state index in [0.29, 0.717) is 18.9 Å². The van der Waals surface area contributed by atoms with Gasteiger partial charge in [-0.2, -0.15) is 5.26 Å². The summed E-state index contributed by atoms with van der Waals surface area (Å²) in [6.45, 7) is 14.8. The predicted molar refractivity (Wildman–Crippen MR) is 142 cm³/mol. The molecular formula is C29H38N2O4. The minimum absolute atomic E-state index is 0.600. The van der Waals surface area contributed by atoms with Gasteiger partial charge in [0.25, 0.3) is 0 Å². The first-order chi connectivity index (χ1) is 17.0. The molecule has 0 amide bonds. The van der Waals surface area contributed by atoms with Gasteiger partial charge in [-0.05, 0) is 61.6 Å². The van der Waals surface area contributed by atoms with Crippen molar-refractivity contribution in [2.24, 2.45) is 0 Å². The summed E-state index contributed by atoms with van der Waals surface area (Å²) in [6, 6.07) is 18.8. The van der Waals surface area contributed by atoms with Crippen molar-refractivity contribution in [1.29, 1.82) is 5.26 Å². The number of aryl methyl sites for hydroxylation is 1. The van der Waals surface area contributed by atoms with Crippen LogP contribution in [0.1, 0.15) is 57.7 Å². The highest BCUT2D eigenvalue weighted by Gasteiger charge is 2.27. The summed E-state index contributed by atoms with van der Waals surface area (Å²) >= 11 is 0. The standard InChI is InChI=1S/C25H28N2O2.C2H6.2CH2O/c1-5-12-29-22-9-7-8-18(13-22)16-25(3,17-26)21-11-10-20-14-19(6-2)24(28-4)27-23(20)15-21;3*1-2/h7-11,13-15H,5-6,12,16H2,1-4H3;1-2H3;2*1H2. The minimum Gasteiger partial charge on any atom is -0.494 e. The Morgan fingerprint density at radius 1 is 1.03 bits per heavy atom. The van der Waals surface area contributed by atoms with Crippen LogP contribution in [-0.4, -0.2) is 32.3 Å². The predicted octanol–water partition coefficient (Wildman–Crippen LogP) is 6.27. The van der Waals surface area contributed by atoms with Crippen LogP contribution in [0, 0.1) is 11.3 Å². The zero-order valence-electron chi connectivity index (χ0n) is 21.9. The monoisotopic (exact) mass is 478 g/mol. The van der Waals surface area contributed by atoms with Crippen molar-refractivity contribution in [3.8, 4) is 17.7 Å². The molecule has 0 spiro atoms. The SMILES string of the molecule is C=O.C=O.CC.CCCOc1cccc(CC(C)(C#N)c2ccc3cc(CC)c(OC)nc3c2)c1. The molecule has 1 aromatic heterocycles. The van der Waals surface area contributed by atoms with Gasteiger partial charge >= 0.3 is 0 Å². The summed E-state index contributed by atoms with van der Waals surface area (Å²) in [5.41, 5.74) is 3.29. The Hall–Kier alpha value is -3.72. The topological polar surface area (TPSA) is 89.3 Å². The highest BCUT2D eigenvalue weighted by atomic mass is 16.5. The number of nitriles is 1. The molecule has 3 aromatic rings. The number of carbonyl (C=O) groups is 2. The van der Waals surface area contributed by atoms with E-state index in [4.69, 9.17) is 19.1 Å². The smallest absolute Gasteiger partial charge is 0.216 e. The zero-order valence-corrected chi connectivity index (χ0v) is 21.9. The van der Waals surface area contributed by atoms with Gasteiger partial charge in [0.1, 0.15) is 19.3 Å². The molecule has 0 aliphatic heterocycles. The van der Waals surface area contributed by atoms with E-state index in [2.05, 4.69) is 31.0 Å². The van der Waals surface area contributed by atoms with Gasteiger partial charge in [0.15, 0.2) is 0 Å². The zero-order chi connectivity index (χ0) is 26.9. The number of rotatable bonds is 8. The Labute approximate surface area is 209 Å². The second kappa shape index (κ2) is 16.8. The van der Waals surface area contributed by atoms with Crippen LogP contribution in [0.2, 0.25) is 0 Å². The molecule has 6 heteroatoms. The number of ether oxygens (including phenoxy) is 2. The first kappa shape index (κ1) is 31.3. The van der Waals surface area contributed by atoms with Crippen molar-refractivity contribution in [2.75, 3.05) is 13.7 Å². The average molecular weight is 479 g/mol. The van der Waals surface area contributed by atoms with E-state index in [1.165, 1.54) is 0 Å². The van der Waals surface area contributed by atoms with E-state index < -0.39 is 5.41 Å². The molecule has 0 aliphatic carbocycles. The van der Waals surface area contributed by atoms with Crippen LogP contribution in [0.25, 0.3) is 10.9 Å². The van der Waals surface area contributed by atoms with Crippen molar-refractivity contribution < 1.29 is 19.1 Å². The normalized spacial score (nSPS) is 11.1. The molecule has 1 heterocycles. The molecule has 3 rings (SSSR count). The molecule has 35 heavy (non-hydrogen) atoms. The lowest BCUT2D eigenvalue weighted by Gasteiger charge is -2.23. The van der Waals surface area contributed by atoms with Crippen LogP contribution in [-0.2, 0) is 27.8 Å². The second-order valence-electron chi connectivity index (χ2n) is 7.53. The number of hydrogen-bond donors (Lipinski definition) is 0. The van der Waals surface area contributed by atoms with Gasteiger partial charge in [0, 0.05) is 10.9 Å². The van der Waals surface area contributed by atoms with E-state index in [0.717, 1.165) is 46.2 Å². The molecule has 0 aliphatic rings. The molecule has 6 nitrogen and oxygen atoms in total. The van der Waals surface area contributed by atoms with Crippen molar-refractivity contribution in [1.82, 2.24) is 4.98 Å². The quantitative estimate of drug-likeness (QED) is 0.379. The van der Waals surface area contributed by atoms with E-state index in [1.54, 1.807) is 7.11 Å². The molecule has 0 saturated heterocycles. The van der Waals surface area contributed by atoms with Crippen LogP contribution in [0.3, 0.4) is 0 Å². The highest BCUT2D eigenvalue weighted by molar-refractivity contribution is 5.81. The Balaban J connectivity index is 0.00000179. The number of nitrogens with zero attached hydrogens (tertiary/aromatic N) is 2. The Kier molecular flexibility index (Phi) is 15.0. The number of carbonyl (C=O) groups excluding carboxylic acids is 2. The van der Waals surface area contributed by atoms with E-state index in [1.807, 2.05) is 76.8 Å². The lowest BCUT2D eigenvalue weighted by atomic mass is 9.78. The number of fused-ring (bicyclic) bond motifs is 1. The van der Waals surface area contributed by atoms with Crippen LogP contribution in [0.5, 0.6) is 11.6 Å². The number of pyridine rings is 1. The number of hydrogen-bond acceptors (Lipinski definition) is 6. The Morgan fingerprint density at radius 3 is 2.29 bits per heavy atom. The summed E-state index contributed by atoms with van der Waals surface area (Å²) in [7, 11) is 1.64. The maximum atomic E-state index is 10.0. The highest BCUT2D eigenvalue weighted by Crippen LogP contribution is 2.32. The summed E-state index contributed by atoms with van der Waals surface area (Å²) < 4.78 is 11.2. The fraction of sp³-hybridized carbons (Fsp3) is 0.379. The Bertz CT molecular complexity index is 1080. The van der Waals surface area contributed by atoms with Gasteiger partial charge in [-0.15, -0.1) is 0 Å².